The Morgan fingerprint density at radius 3 is 2.58 bits per heavy atom. The molecule has 0 saturated heterocycles. The minimum atomic E-state index is -1.28. The van der Waals surface area contributed by atoms with E-state index in [2.05, 4.69) is 4.99 Å². The van der Waals surface area contributed by atoms with Crippen LogP contribution in [0.1, 0.15) is 20.8 Å². The minimum absolute atomic E-state index is 0.601. The van der Waals surface area contributed by atoms with Gasteiger partial charge in [-0.05, 0) is 26.8 Å². The minimum Gasteiger partial charge on any atom is -0.268 e. The van der Waals surface area contributed by atoms with Crippen molar-refractivity contribution in [2.45, 2.75) is 26.4 Å². The van der Waals surface area contributed by atoms with E-state index in [1.165, 1.54) is 0 Å². The van der Waals surface area contributed by atoms with E-state index in [0.29, 0.717) is 0 Å². The van der Waals surface area contributed by atoms with E-state index in [9.17, 15) is 4.39 Å². The van der Waals surface area contributed by atoms with Crippen molar-refractivity contribution in [2.75, 3.05) is 0 Å². The quantitative estimate of drug-likeness (QED) is 0.569. The fourth-order valence-electron chi connectivity index (χ4n) is 0.947. The zero-order valence-corrected chi connectivity index (χ0v) is 7.71. The highest BCUT2D eigenvalue weighted by atomic mass is 19.1. The van der Waals surface area contributed by atoms with E-state index in [4.69, 9.17) is 0 Å². The maximum Gasteiger partial charge on any atom is 0.119 e. The van der Waals surface area contributed by atoms with Crippen molar-refractivity contribution in [2.24, 2.45) is 10.4 Å². The summed E-state index contributed by atoms with van der Waals surface area (Å²) >= 11 is 0. The fraction of sp³-hybridized carbons (Fsp3) is 0.500. The van der Waals surface area contributed by atoms with Crippen LogP contribution in [0.15, 0.2) is 29.4 Å². The number of aliphatic imine (C=N–C) groups is 1. The van der Waals surface area contributed by atoms with Gasteiger partial charge in [-0.3, -0.25) is 4.99 Å². The first-order valence-electron chi connectivity index (χ1n) is 4.03. The molecular formula is C10H14FN. The van der Waals surface area contributed by atoms with E-state index in [0.717, 1.165) is 0 Å². The molecule has 1 atom stereocenters. The Kier molecular flexibility index (Phi) is 2.18. The summed E-state index contributed by atoms with van der Waals surface area (Å²) in [6.07, 6.45) is 8.77. The Morgan fingerprint density at radius 2 is 2.00 bits per heavy atom. The predicted octanol–water partition coefficient (Wildman–Crippen LogP) is 2.90. The Hall–Kier alpha value is -0.920. The molecule has 1 nitrogen and oxygen atoms in total. The number of halogens is 1. The summed E-state index contributed by atoms with van der Waals surface area (Å²) < 4.78 is 13.7. The lowest BCUT2D eigenvalue weighted by Gasteiger charge is -2.31. The molecule has 0 amide bonds. The van der Waals surface area contributed by atoms with E-state index >= 15 is 0 Å². The SMILES string of the molecule is CC(C)(F)C1(C)C=CC=CN=C1. The molecule has 1 heterocycles. The Balaban J connectivity index is 2.99. The van der Waals surface area contributed by atoms with Crippen LogP contribution in [0.2, 0.25) is 0 Å². The summed E-state index contributed by atoms with van der Waals surface area (Å²) in [5.74, 6) is 0. The molecule has 1 aliphatic rings. The fourth-order valence-corrected chi connectivity index (χ4v) is 0.947. The van der Waals surface area contributed by atoms with Gasteiger partial charge in [0.25, 0.3) is 0 Å². The van der Waals surface area contributed by atoms with Crippen molar-refractivity contribution < 1.29 is 4.39 Å². The summed E-state index contributed by atoms with van der Waals surface area (Å²) in [4.78, 5) is 3.98. The summed E-state index contributed by atoms with van der Waals surface area (Å²) in [6.45, 7) is 4.96. The molecule has 0 aromatic carbocycles. The second-order valence-corrected chi connectivity index (χ2v) is 3.73. The summed E-state index contributed by atoms with van der Waals surface area (Å²) in [6, 6.07) is 0. The van der Waals surface area contributed by atoms with Crippen LogP contribution >= 0.6 is 0 Å². The van der Waals surface area contributed by atoms with Crippen LogP contribution in [0.5, 0.6) is 0 Å². The summed E-state index contributed by atoms with van der Waals surface area (Å²) in [5.41, 5.74) is -1.88. The number of allylic oxidation sites excluding steroid dienone is 3. The number of hydrogen-bond donors (Lipinski definition) is 0. The average Bonchev–Trinajstić information content (AvgIpc) is 2.12. The van der Waals surface area contributed by atoms with Crippen LogP contribution in [0.4, 0.5) is 4.39 Å². The zero-order chi connectivity index (χ0) is 9.24. The third-order valence-electron chi connectivity index (χ3n) is 2.35. The van der Waals surface area contributed by atoms with Crippen LogP contribution in [-0.2, 0) is 0 Å². The molecule has 0 spiro atoms. The monoisotopic (exact) mass is 167 g/mol. The Morgan fingerprint density at radius 1 is 1.33 bits per heavy atom. The normalized spacial score (nSPS) is 29.0. The highest BCUT2D eigenvalue weighted by Gasteiger charge is 2.37. The van der Waals surface area contributed by atoms with Gasteiger partial charge < -0.3 is 0 Å². The standard InChI is InChI=1S/C10H14FN/c1-9(2,11)10(3)6-4-5-7-12-8-10/h4-8H,1-3H3. The van der Waals surface area contributed by atoms with Crippen LogP contribution in [-0.4, -0.2) is 11.9 Å². The molecule has 0 radical (unpaired) electrons. The van der Waals surface area contributed by atoms with Gasteiger partial charge in [0.15, 0.2) is 0 Å². The molecule has 0 aromatic heterocycles. The molecule has 0 bridgehead atoms. The zero-order valence-electron chi connectivity index (χ0n) is 7.71. The molecule has 1 rings (SSSR count). The lowest BCUT2D eigenvalue weighted by Crippen LogP contribution is -2.36. The van der Waals surface area contributed by atoms with Crippen LogP contribution in [0.3, 0.4) is 0 Å². The van der Waals surface area contributed by atoms with Gasteiger partial charge in [-0.15, -0.1) is 0 Å². The molecule has 0 aliphatic carbocycles. The molecule has 0 saturated carbocycles. The second-order valence-electron chi connectivity index (χ2n) is 3.73. The van der Waals surface area contributed by atoms with Gasteiger partial charge in [0.2, 0.25) is 0 Å². The molecular weight excluding hydrogens is 153 g/mol. The van der Waals surface area contributed by atoms with E-state index < -0.39 is 11.1 Å². The van der Waals surface area contributed by atoms with E-state index in [1.807, 2.05) is 19.1 Å². The van der Waals surface area contributed by atoms with Gasteiger partial charge in [0.1, 0.15) is 5.67 Å². The van der Waals surface area contributed by atoms with E-state index in [1.54, 1.807) is 32.3 Å². The summed E-state index contributed by atoms with van der Waals surface area (Å²) in [5, 5.41) is 0. The molecule has 1 unspecified atom stereocenters. The van der Waals surface area contributed by atoms with Gasteiger partial charge in [-0.25, -0.2) is 4.39 Å². The first-order valence-corrected chi connectivity index (χ1v) is 4.03. The van der Waals surface area contributed by atoms with Gasteiger partial charge in [0, 0.05) is 12.4 Å². The third-order valence-corrected chi connectivity index (χ3v) is 2.35. The first-order chi connectivity index (χ1) is 5.46. The van der Waals surface area contributed by atoms with Gasteiger partial charge in [-0.1, -0.05) is 12.2 Å². The van der Waals surface area contributed by atoms with Crippen molar-refractivity contribution >= 4 is 6.21 Å². The van der Waals surface area contributed by atoms with E-state index in [-0.39, 0.29) is 0 Å². The number of nitrogens with zero attached hydrogens (tertiary/aromatic N) is 1. The van der Waals surface area contributed by atoms with Crippen LogP contribution in [0, 0.1) is 5.41 Å². The predicted molar refractivity (Wildman–Crippen MR) is 50.1 cm³/mol. The highest BCUT2D eigenvalue weighted by Crippen LogP contribution is 2.34. The van der Waals surface area contributed by atoms with Gasteiger partial charge in [0.05, 0.1) is 5.41 Å². The van der Waals surface area contributed by atoms with Crippen molar-refractivity contribution in [1.29, 1.82) is 0 Å². The Labute approximate surface area is 72.7 Å². The molecule has 0 aromatic rings. The largest absolute Gasteiger partial charge is 0.268 e. The second kappa shape index (κ2) is 2.85. The van der Waals surface area contributed by atoms with Crippen LogP contribution in [0.25, 0.3) is 0 Å². The number of hydrogen-bond acceptors (Lipinski definition) is 1. The number of alkyl halides is 1. The molecule has 0 fully saturated rings. The van der Waals surface area contributed by atoms with Gasteiger partial charge in [-0.2, -0.15) is 0 Å². The summed E-state index contributed by atoms with van der Waals surface area (Å²) in [7, 11) is 0. The first kappa shape index (κ1) is 9.17. The molecule has 12 heavy (non-hydrogen) atoms. The van der Waals surface area contributed by atoms with Crippen LogP contribution < -0.4 is 0 Å². The lowest BCUT2D eigenvalue weighted by atomic mass is 9.77. The molecule has 2 heteroatoms. The lowest BCUT2D eigenvalue weighted by molar-refractivity contribution is 0.131. The molecule has 66 valence electrons. The van der Waals surface area contributed by atoms with Gasteiger partial charge >= 0.3 is 0 Å². The average molecular weight is 167 g/mol. The Bertz CT molecular complexity index is 227. The maximum absolute atomic E-state index is 13.7. The molecule has 1 aliphatic heterocycles. The van der Waals surface area contributed by atoms with Crippen molar-refractivity contribution in [3.8, 4) is 0 Å². The third kappa shape index (κ3) is 1.63. The molecule has 0 N–H and O–H groups in total. The van der Waals surface area contributed by atoms with Crippen molar-refractivity contribution in [3.63, 3.8) is 0 Å². The van der Waals surface area contributed by atoms with Crippen molar-refractivity contribution in [3.05, 3.63) is 24.4 Å². The smallest absolute Gasteiger partial charge is 0.119 e. The topological polar surface area (TPSA) is 12.4 Å². The van der Waals surface area contributed by atoms with Crippen molar-refractivity contribution in [1.82, 2.24) is 0 Å². The highest BCUT2D eigenvalue weighted by molar-refractivity contribution is 5.71. The maximum atomic E-state index is 13.7. The number of rotatable bonds is 1.